The fraction of sp³-hybridized carbons (Fsp3) is 0.467. The van der Waals surface area contributed by atoms with Crippen molar-refractivity contribution in [1.29, 1.82) is 0 Å². The molecule has 2 unspecified atom stereocenters. The number of hydrogen-bond acceptors (Lipinski definition) is 4. The fourth-order valence-corrected chi connectivity index (χ4v) is 2.35. The van der Waals surface area contributed by atoms with Gasteiger partial charge < -0.3 is 9.15 Å². The fourth-order valence-electron chi connectivity index (χ4n) is 2.35. The van der Waals surface area contributed by atoms with Crippen LogP contribution in [0.1, 0.15) is 37.6 Å². The molecule has 3 N–H and O–H groups in total. The van der Waals surface area contributed by atoms with E-state index < -0.39 is 5.60 Å². The molecule has 104 valence electrons. The van der Waals surface area contributed by atoms with Crippen LogP contribution >= 0.6 is 0 Å². The van der Waals surface area contributed by atoms with Crippen molar-refractivity contribution >= 4 is 11.0 Å². The minimum atomic E-state index is -0.405. The predicted molar refractivity (Wildman–Crippen MR) is 76.7 cm³/mol. The maximum absolute atomic E-state index is 5.90. The summed E-state index contributed by atoms with van der Waals surface area (Å²) in [4.78, 5) is 0. The Balaban J connectivity index is 2.46. The van der Waals surface area contributed by atoms with Gasteiger partial charge in [0.1, 0.15) is 17.4 Å². The number of rotatable bonds is 5. The van der Waals surface area contributed by atoms with Crippen LogP contribution in [0.5, 0.6) is 0 Å². The molecule has 0 spiro atoms. The first-order valence-corrected chi connectivity index (χ1v) is 6.55. The van der Waals surface area contributed by atoms with Gasteiger partial charge in [0.15, 0.2) is 0 Å². The molecule has 2 rings (SSSR count). The van der Waals surface area contributed by atoms with E-state index in [1.807, 2.05) is 25.1 Å². The van der Waals surface area contributed by atoms with Crippen LogP contribution < -0.4 is 11.3 Å². The van der Waals surface area contributed by atoms with Crippen molar-refractivity contribution in [1.82, 2.24) is 5.43 Å². The molecule has 2 aromatic rings. The molecule has 0 aliphatic heterocycles. The van der Waals surface area contributed by atoms with Crippen LogP contribution in [0.3, 0.4) is 0 Å². The maximum Gasteiger partial charge on any atom is 0.134 e. The number of methoxy groups -OCH3 is 1. The van der Waals surface area contributed by atoms with Gasteiger partial charge in [-0.3, -0.25) is 5.84 Å². The molecule has 4 nitrogen and oxygen atoms in total. The van der Waals surface area contributed by atoms with Crippen molar-refractivity contribution in [2.45, 2.75) is 38.8 Å². The first-order valence-electron chi connectivity index (χ1n) is 6.55. The molecule has 0 aliphatic carbocycles. The smallest absolute Gasteiger partial charge is 0.134 e. The second-order valence-corrected chi connectivity index (χ2v) is 5.16. The molecule has 0 saturated heterocycles. The summed E-state index contributed by atoms with van der Waals surface area (Å²) < 4.78 is 11.5. The Labute approximate surface area is 113 Å². The topological polar surface area (TPSA) is 60.4 Å². The van der Waals surface area contributed by atoms with E-state index in [1.54, 1.807) is 7.11 Å². The summed E-state index contributed by atoms with van der Waals surface area (Å²) in [6.07, 6.45) is 0.828. The van der Waals surface area contributed by atoms with Crippen molar-refractivity contribution < 1.29 is 9.15 Å². The number of furan rings is 1. The van der Waals surface area contributed by atoms with E-state index in [0.29, 0.717) is 0 Å². The van der Waals surface area contributed by atoms with Gasteiger partial charge in [-0.15, -0.1) is 0 Å². The van der Waals surface area contributed by atoms with E-state index in [0.717, 1.165) is 23.2 Å². The van der Waals surface area contributed by atoms with Gasteiger partial charge in [-0.2, -0.15) is 0 Å². The van der Waals surface area contributed by atoms with Gasteiger partial charge >= 0.3 is 0 Å². The normalized spacial score (nSPS) is 16.5. The summed E-state index contributed by atoms with van der Waals surface area (Å²) in [5, 5.41) is 1.09. The lowest BCUT2D eigenvalue weighted by atomic mass is 9.91. The summed E-state index contributed by atoms with van der Waals surface area (Å²) in [5.41, 5.74) is 4.49. The number of nitrogens with two attached hydrogens (primary N) is 1. The maximum atomic E-state index is 5.90. The first-order chi connectivity index (χ1) is 9.04. The van der Waals surface area contributed by atoms with E-state index in [2.05, 4.69) is 25.3 Å². The van der Waals surface area contributed by atoms with Gasteiger partial charge in [-0.1, -0.05) is 18.6 Å². The third kappa shape index (κ3) is 2.52. The Bertz CT molecular complexity index is 558. The highest BCUT2D eigenvalue weighted by Crippen LogP contribution is 2.34. The number of hydrogen-bond donors (Lipinski definition) is 2. The highest BCUT2D eigenvalue weighted by atomic mass is 16.5. The third-order valence-electron chi connectivity index (χ3n) is 3.92. The Morgan fingerprint density at radius 2 is 2.16 bits per heavy atom. The number of aryl methyl sites for hydroxylation is 1. The quantitative estimate of drug-likeness (QED) is 0.642. The molecule has 1 aromatic carbocycles. The summed E-state index contributed by atoms with van der Waals surface area (Å²) in [6.45, 7) is 6.16. The lowest BCUT2D eigenvalue weighted by molar-refractivity contribution is -0.0350. The molecule has 0 amide bonds. The molecule has 4 heteroatoms. The summed E-state index contributed by atoms with van der Waals surface area (Å²) in [7, 11) is 1.70. The highest BCUT2D eigenvalue weighted by Gasteiger charge is 2.35. The lowest BCUT2D eigenvalue weighted by Gasteiger charge is -2.33. The minimum absolute atomic E-state index is 0.185. The third-order valence-corrected chi connectivity index (χ3v) is 3.92. The molecule has 0 saturated carbocycles. The summed E-state index contributed by atoms with van der Waals surface area (Å²) in [6, 6.07) is 7.97. The number of benzene rings is 1. The molecule has 2 atom stereocenters. The Kier molecular flexibility index (Phi) is 3.94. The molecular weight excluding hydrogens is 240 g/mol. The molecule has 0 aliphatic rings. The van der Waals surface area contributed by atoms with Crippen LogP contribution in [-0.4, -0.2) is 12.7 Å². The monoisotopic (exact) mass is 262 g/mol. The van der Waals surface area contributed by atoms with Crippen molar-refractivity contribution in [3.05, 3.63) is 35.6 Å². The van der Waals surface area contributed by atoms with Gasteiger partial charge in [0, 0.05) is 12.5 Å². The van der Waals surface area contributed by atoms with Crippen LogP contribution in [0.25, 0.3) is 11.0 Å². The number of ether oxygens (including phenoxy) is 1. The molecular formula is C15H22N2O2. The second-order valence-electron chi connectivity index (χ2n) is 5.16. The van der Waals surface area contributed by atoms with Crippen LogP contribution in [0.2, 0.25) is 0 Å². The number of nitrogens with one attached hydrogen (secondary N) is 1. The van der Waals surface area contributed by atoms with Gasteiger partial charge in [0.25, 0.3) is 0 Å². The van der Waals surface area contributed by atoms with Crippen LogP contribution in [0.4, 0.5) is 0 Å². The van der Waals surface area contributed by atoms with E-state index >= 15 is 0 Å². The predicted octanol–water partition coefficient (Wildman–Crippen LogP) is 3.06. The zero-order valence-corrected chi connectivity index (χ0v) is 12.0. The van der Waals surface area contributed by atoms with Crippen molar-refractivity contribution in [3.8, 4) is 0 Å². The van der Waals surface area contributed by atoms with Crippen LogP contribution in [-0.2, 0) is 4.74 Å². The van der Waals surface area contributed by atoms with Crippen LogP contribution in [0, 0.1) is 6.92 Å². The standard InChI is InChI=1S/C15H22N2O2/c1-5-15(3,18-4)14(17-16)13-9-11-8-10(2)6-7-12(11)19-13/h6-9,14,17H,5,16H2,1-4H3. The largest absolute Gasteiger partial charge is 0.459 e. The molecule has 0 bridgehead atoms. The first kappa shape index (κ1) is 14.1. The van der Waals surface area contributed by atoms with Crippen molar-refractivity contribution in [3.63, 3.8) is 0 Å². The average molecular weight is 262 g/mol. The molecule has 19 heavy (non-hydrogen) atoms. The SMILES string of the molecule is CCC(C)(OC)C(NN)c1cc2cc(C)ccc2o1. The Morgan fingerprint density at radius 1 is 1.42 bits per heavy atom. The minimum Gasteiger partial charge on any atom is -0.459 e. The van der Waals surface area contributed by atoms with Gasteiger partial charge in [0.05, 0.1) is 5.60 Å². The van der Waals surface area contributed by atoms with Crippen LogP contribution in [0.15, 0.2) is 28.7 Å². The lowest BCUT2D eigenvalue weighted by Crippen LogP contribution is -2.45. The number of fused-ring (bicyclic) bond motifs is 1. The summed E-state index contributed by atoms with van der Waals surface area (Å²) >= 11 is 0. The van der Waals surface area contributed by atoms with E-state index in [9.17, 15) is 0 Å². The molecule has 0 fully saturated rings. The Hall–Kier alpha value is -1.36. The van der Waals surface area contributed by atoms with E-state index in [1.165, 1.54) is 5.56 Å². The van der Waals surface area contributed by atoms with Gasteiger partial charge in [0.2, 0.25) is 0 Å². The average Bonchev–Trinajstić information content (AvgIpc) is 2.81. The molecule has 1 aromatic heterocycles. The molecule has 0 radical (unpaired) electrons. The van der Waals surface area contributed by atoms with E-state index in [4.69, 9.17) is 15.0 Å². The Morgan fingerprint density at radius 3 is 2.74 bits per heavy atom. The van der Waals surface area contributed by atoms with Gasteiger partial charge in [-0.05, 0) is 38.5 Å². The van der Waals surface area contributed by atoms with Crippen molar-refractivity contribution in [2.24, 2.45) is 5.84 Å². The number of hydrazine groups is 1. The zero-order chi connectivity index (χ0) is 14.0. The zero-order valence-electron chi connectivity index (χ0n) is 12.0. The highest BCUT2D eigenvalue weighted by molar-refractivity contribution is 5.78. The van der Waals surface area contributed by atoms with Gasteiger partial charge in [-0.25, -0.2) is 5.43 Å². The molecule has 1 heterocycles. The second kappa shape index (κ2) is 5.33. The summed E-state index contributed by atoms with van der Waals surface area (Å²) in [5.74, 6) is 6.50. The van der Waals surface area contributed by atoms with Crippen molar-refractivity contribution in [2.75, 3.05) is 7.11 Å². The van der Waals surface area contributed by atoms with E-state index in [-0.39, 0.29) is 6.04 Å².